The van der Waals surface area contributed by atoms with Gasteiger partial charge in [0, 0.05) is 7.05 Å². The van der Waals surface area contributed by atoms with Crippen LogP contribution in [0.25, 0.3) is 11.0 Å². The Morgan fingerprint density at radius 3 is 2.50 bits per heavy atom. The first-order valence-electron chi connectivity index (χ1n) is 8.65. The topological polar surface area (TPSA) is 102 Å². The number of carbonyl (C=O) groups excluding carboxylic acids is 3. The number of rotatable bonds is 6. The molecule has 3 aromatic rings. The third-order valence-electron chi connectivity index (χ3n) is 4.24. The van der Waals surface area contributed by atoms with Crippen LogP contribution in [0.5, 0.6) is 0 Å². The van der Waals surface area contributed by atoms with E-state index in [2.05, 4.69) is 15.6 Å². The molecule has 0 saturated heterocycles. The van der Waals surface area contributed by atoms with Gasteiger partial charge in [0.15, 0.2) is 0 Å². The highest BCUT2D eigenvalue weighted by molar-refractivity contribution is 6.01. The van der Waals surface area contributed by atoms with Crippen molar-refractivity contribution in [2.24, 2.45) is 0 Å². The van der Waals surface area contributed by atoms with Gasteiger partial charge >= 0.3 is 5.97 Å². The Balaban J connectivity index is 1.88. The number of nitrogens with zero attached hydrogens (tertiary/aromatic N) is 2. The normalized spacial score (nSPS) is 10.5. The smallest absolute Gasteiger partial charge is 0.339 e. The standard InChI is InChI=1S/C20H20N4O4/c1-21-18(25)11-17-22-15-9-5-6-10-16(15)24(17)12-19(26)23-14-8-4-3-7-13(14)20(27)28-2/h3-10H,11-12H2,1-2H3,(H,21,25)(H,23,26). The van der Waals surface area contributed by atoms with Crippen LogP contribution in [0.4, 0.5) is 5.69 Å². The molecule has 0 bridgehead atoms. The Labute approximate surface area is 161 Å². The molecule has 0 aliphatic heterocycles. The lowest BCUT2D eigenvalue weighted by atomic mass is 10.2. The van der Waals surface area contributed by atoms with Crippen molar-refractivity contribution in [3.63, 3.8) is 0 Å². The van der Waals surface area contributed by atoms with E-state index in [1.165, 1.54) is 7.11 Å². The van der Waals surface area contributed by atoms with E-state index in [1.54, 1.807) is 35.9 Å². The number of benzene rings is 2. The van der Waals surface area contributed by atoms with Gasteiger partial charge in [0.05, 0.1) is 35.8 Å². The second kappa shape index (κ2) is 8.34. The number of esters is 1. The Morgan fingerprint density at radius 1 is 1.04 bits per heavy atom. The number of para-hydroxylation sites is 3. The third-order valence-corrected chi connectivity index (χ3v) is 4.24. The molecule has 28 heavy (non-hydrogen) atoms. The summed E-state index contributed by atoms with van der Waals surface area (Å²) >= 11 is 0. The van der Waals surface area contributed by atoms with Crippen molar-refractivity contribution in [2.45, 2.75) is 13.0 Å². The van der Waals surface area contributed by atoms with E-state index in [9.17, 15) is 14.4 Å². The summed E-state index contributed by atoms with van der Waals surface area (Å²) in [6.07, 6.45) is 0.0528. The van der Waals surface area contributed by atoms with Gasteiger partial charge in [-0.25, -0.2) is 9.78 Å². The Kier molecular flexibility index (Phi) is 5.69. The summed E-state index contributed by atoms with van der Waals surface area (Å²) in [5.74, 6) is -0.605. The molecular weight excluding hydrogens is 360 g/mol. The second-order valence-corrected chi connectivity index (χ2v) is 6.04. The maximum absolute atomic E-state index is 12.7. The number of anilines is 1. The fraction of sp³-hybridized carbons (Fsp3) is 0.200. The van der Waals surface area contributed by atoms with E-state index in [-0.39, 0.29) is 30.3 Å². The Hall–Kier alpha value is -3.68. The van der Waals surface area contributed by atoms with E-state index in [1.807, 2.05) is 24.3 Å². The Morgan fingerprint density at radius 2 is 1.75 bits per heavy atom. The molecule has 2 N–H and O–H groups in total. The zero-order chi connectivity index (χ0) is 20.1. The van der Waals surface area contributed by atoms with Gasteiger partial charge in [-0.3, -0.25) is 9.59 Å². The number of hydrogen-bond acceptors (Lipinski definition) is 5. The third kappa shape index (κ3) is 4.01. The summed E-state index contributed by atoms with van der Waals surface area (Å²) in [5, 5.41) is 5.29. The SMILES string of the molecule is CNC(=O)Cc1nc2ccccc2n1CC(=O)Nc1ccccc1C(=O)OC. The first-order chi connectivity index (χ1) is 13.5. The van der Waals surface area contributed by atoms with Crippen LogP contribution in [-0.4, -0.2) is 41.5 Å². The van der Waals surface area contributed by atoms with Gasteiger partial charge in [-0.1, -0.05) is 24.3 Å². The summed E-state index contributed by atoms with van der Waals surface area (Å²) in [7, 11) is 2.83. The van der Waals surface area contributed by atoms with Crippen molar-refractivity contribution < 1.29 is 19.1 Å². The van der Waals surface area contributed by atoms with Crippen molar-refractivity contribution >= 4 is 34.5 Å². The van der Waals surface area contributed by atoms with E-state index in [0.717, 1.165) is 5.52 Å². The number of ether oxygens (including phenoxy) is 1. The van der Waals surface area contributed by atoms with Gasteiger partial charge in [-0.2, -0.15) is 0 Å². The molecule has 3 rings (SSSR count). The van der Waals surface area contributed by atoms with E-state index < -0.39 is 5.97 Å². The molecule has 8 heteroatoms. The van der Waals surface area contributed by atoms with Gasteiger partial charge in [0.2, 0.25) is 11.8 Å². The maximum atomic E-state index is 12.7. The lowest BCUT2D eigenvalue weighted by Gasteiger charge is -2.12. The highest BCUT2D eigenvalue weighted by Crippen LogP contribution is 2.19. The lowest BCUT2D eigenvalue weighted by molar-refractivity contribution is -0.120. The number of hydrogen-bond donors (Lipinski definition) is 2. The van der Waals surface area contributed by atoms with Crippen LogP contribution in [-0.2, 0) is 27.3 Å². The predicted octanol–water partition coefficient (Wildman–Crippen LogP) is 1.75. The molecule has 2 aromatic carbocycles. The molecule has 8 nitrogen and oxygen atoms in total. The number of carbonyl (C=O) groups is 3. The predicted molar refractivity (Wildman–Crippen MR) is 104 cm³/mol. The molecule has 2 amide bonds. The first-order valence-corrected chi connectivity index (χ1v) is 8.65. The molecule has 0 aliphatic rings. The molecule has 0 fully saturated rings. The largest absolute Gasteiger partial charge is 0.465 e. The van der Waals surface area contributed by atoms with Crippen molar-refractivity contribution in [1.82, 2.24) is 14.9 Å². The summed E-state index contributed by atoms with van der Waals surface area (Å²) in [5.41, 5.74) is 2.07. The van der Waals surface area contributed by atoms with Gasteiger partial charge in [-0.05, 0) is 24.3 Å². The molecule has 0 atom stereocenters. The molecule has 0 spiro atoms. The van der Waals surface area contributed by atoms with Crippen LogP contribution in [0, 0.1) is 0 Å². The van der Waals surface area contributed by atoms with Crippen molar-refractivity contribution in [3.8, 4) is 0 Å². The number of aromatic nitrogens is 2. The summed E-state index contributed by atoms with van der Waals surface area (Å²) in [6.45, 7) is -0.0532. The number of methoxy groups -OCH3 is 1. The molecule has 0 unspecified atom stereocenters. The van der Waals surface area contributed by atoms with Crippen LogP contribution in [0.1, 0.15) is 16.2 Å². The van der Waals surface area contributed by atoms with Crippen molar-refractivity contribution in [2.75, 3.05) is 19.5 Å². The van der Waals surface area contributed by atoms with Gasteiger partial charge in [0.25, 0.3) is 0 Å². The molecular formula is C20H20N4O4. The van der Waals surface area contributed by atoms with Crippen molar-refractivity contribution in [1.29, 1.82) is 0 Å². The fourth-order valence-electron chi connectivity index (χ4n) is 2.88. The minimum absolute atomic E-state index is 0.0528. The fourth-order valence-corrected chi connectivity index (χ4v) is 2.88. The summed E-state index contributed by atoms with van der Waals surface area (Å²) < 4.78 is 6.44. The number of likely N-dealkylation sites (N-methyl/N-ethyl adjacent to an activating group) is 1. The highest BCUT2D eigenvalue weighted by Gasteiger charge is 2.18. The maximum Gasteiger partial charge on any atom is 0.339 e. The molecule has 0 radical (unpaired) electrons. The minimum atomic E-state index is -0.538. The van der Waals surface area contributed by atoms with Crippen LogP contribution in [0.2, 0.25) is 0 Å². The van der Waals surface area contributed by atoms with E-state index in [4.69, 9.17) is 4.74 Å². The molecule has 0 aliphatic carbocycles. The average Bonchev–Trinajstić information content (AvgIpc) is 3.04. The van der Waals surface area contributed by atoms with Crippen LogP contribution in [0.3, 0.4) is 0 Å². The zero-order valence-electron chi connectivity index (χ0n) is 15.6. The van der Waals surface area contributed by atoms with Crippen LogP contribution in [0.15, 0.2) is 48.5 Å². The molecule has 144 valence electrons. The molecule has 1 heterocycles. The van der Waals surface area contributed by atoms with Crippen LogP contribution >= 0.6 is 0 Å². The number of fused-ring (bicyclic) bond motifs is 1. The van der Waals surface area contributed by atoms with E-state index in [0.29, 0.717) is 17.0 Å². The van der Waals surface area contributed by atoms with Gasteiger partial charge in [0.1, 0.15) is 12.4 Å². The monoisotopic (exact) mass is 380 g/mol. The second-order valence-electron chi connectivity index (χ2n) is 6.04. The first kappa shape index (κ1) is 19.1. The van der Waals surface area contributed by atoms with Gasteiger partial charge in [-0.15, -0.1) is 0 Å². The summed E-state index contributed by atoms with van der Waals surface area (Å²) in [4.78, 5) is 40.9. The van der Waals surface area contributed by atoms with Gasteiger partial charge < -0.3 is 19.9 Å². The van der Waals surface area contributed by atoms with Crippen LogP contribution < -0.4 is 10.6 Å². The average molecular weight is 380 g/mol. The van der Waals surface area contributed by atoms with E-state index >= 15 is 0 Å². The molecule has 1 aromatic heterocycles. The number of imidazole rings is 1. The minimum Gasteiger partial charge on any atom is -0.465 e. The van der Waals surface area contributed by atoms with Crippen molar-refractivity contribution in [3.05, 3.63) is 59.9 Å². The Bertz CT molecular complexity index is 1040. The number of amides is 2. The quantitative estimate of drug-likeness (QED) is 0.635. The zero-order valence-corrected chi connectivity index (χ0v) is 15.6. The lowest BCUT2D eigenvalue weighted by Crippen LogP contribution is -2.25. The molecule has 0 saturated carbocycles. The summed E-state index contributed by atoms with van der Waals surface area (Å²) in [6, 6.07) is 13.9. The number of nitrogens with one attached hydrogen (secondary N) is 2. The highest BCUT2D eigenvalue weighted by atomic mass is 16.5.